The minimum Gasteiger partial charge on any atom is -0.408 e. The van der Waals surface area contributed by atoms with Crippen LogP contribution in [0.25, 0.3) is 0 Å². The van der Waals surface area contributed by atoms with Crippen molar-refractivity contribution in [2.24, 2.45) is 0 Å². The van der Waals surface area contributed by atoms with Gasteiger partial charge in [0.1, 0.15) is 0 Å². The van der Waals surface area contributed by atoms with Crippen LogP contribution in [0, 0.1) is 0 Å². The molecule has 1 rings (SSSR count). The molecule has 0 N–H and O–H groups in total. The summed E-state index contributed by atoms with van der Waals surface area (Å²) in [7, 11) is 0.446. The van der Waals surface area contributed by atoms with E-state index in [1.165, 1.54) is 29.8 Å². The number of hydrogen-bond acceptors (Lipinski definition) is 3. The molecule has 0 saturated carbocycles. The third-order valence-corrected chi connectivity index (χ3v) is 5.39. The molecule has 0 aliphatic rings. The minimum absolute atomic E-state index is 0. The zero-order chi connectivity index (χ0) is 10.1. The van der Waals surface area contributed by atoms with Crippen LogP contribution in [-0.2, 0) is 35.0 Å². The average molecular weight is 431 g/mol. The summed E-state index contributed by atoms with van der Waals surface area (Å²) in [5, 5.41) is 1.86. The van der Waals surface area contributed by atoms with E-state index in [-0.39, 0.29) is 22.4 Å². The Kier molecular flexibility index (Phi) is 15.0. The SMILES string of the molecule is CCP(CC)CC.[Au+].[S-]c1nccs1. The van der Waals surface area contributed by atoms with Crippen molar-refractivity contribution >= 4 is 31.9 Å². The van der Waals surface area contributed by atoms with Gasteiger partial charge in [0.05, 0.1) is 0 Å². The quantitative estimate of drug-likeness (QED) is 0.413. The molecule has 0 fully saturated rings. The van der Waals surface area contributed by atoms with Gasteiger partial charge in [-0.2, -0.15) is 0 Å². The Morgan fingerprint density at radius 3 is 1.86 bits per heavy atom. The van der Waals surface area contributed by atoms with Crippen LogP contribution in [0.5, 0.6) is 0 Å². The first kappa shape index (κ1) is 17.4. The zero-order valence-corrected chi connectivity index (χ0v) is 13.5. The first-order valence-corrected chi connectivity index (χ1v) is 7.71. The van der Waals surface area contributed by atoms with Gasteiger partial charge in [-0.3, -0.25) is 4.98 Å². The average Bonchev–Trinajstić information content (AvgIpc) is 2.60. The number of thiazole rings is 1. The third-order valence-electron chi connectivity index (χ3n) is 1.75. The van der Waals surface area contributed by atoms with E-state index in [0.29, 0.717) is 7.92 Å². The Bertz CT molecular complexity index is 185. The molecule has 1 heterocycles. The van der Waals surface area contributed by atoms with Crippen LogP contribution < -0.4 is 0 Å². The van der Waals surface area contributed by atoms with Crippen molar-refractivity contribution in [3.63, 3.8) is 0 Å². The van der Waals surface area contributed by atoms with Crippen molar-refractivity contribution in [1.82, 2.24) is 4.98 Å². The molecule has 0 atom stereocenters. The fraction of sp³-hybridized carbons (Fsp3) is 0.667. The molecule has 14 heavy (non-hydrogen) atoms. The summed E-state index contributed by atoms with van der Waals surface area (Å²) in [6.07, 6.45) is 5.96. The van der Waals surface area contributed by atoms with Crippen molar-refractivity contribution in [2.75, 3.05) is 18.5 Å². The van der Waals surface area contributed by atoms with Gasteiger partial charge in [0.15, 0.2) is 0 Å². The van der Waals surface area contributed by atoms with E-state index in [9.17, 15) is 0 Å². The molecule has 1 aromatic rings. The summed E-state index contributed by atoms with van der Waals surface area (Å²) in [5.41, 5.74) is 0. The number of aromatic nitrogens is 1. The number of hydrogen-bond donors (Lipinski definition) is 0. The van der Waals surface area contributed by atoms with Crippen LogP contribution in [0.15, 0.2) is 15.9 Å². The van der Waals surface area contributed by atoms with E-state index < -0.39 is 0 Å². The van der Waals surface area contributed by atoms with Gasteiger partial charge < -0.3 is 24.0 Å². The monoisotopic (exact) mass is 431 g/mol. The summed E-state index contributed by atoms with van der Waals surface area (Å²) in [6.45, 7) is 6.87. The van der Waals surface area contributed by atoms with Crippen LogP contribution >= 0.6 is 19.3 Å². The van der Waals surface area contributed by atoms with Gasteiger partial charge in [-0.15, -0.1) is 7.92 Å². The summed E-state index contributed by atoms with van der Waals surface area (Å²) in [4.78, 5) is 3.75. The fourth-order valence-corrected chi connectivity index (χ4v) is 2.81. The Morgan fingerprint density at radius 2 is 1.79 bits per heavy atom. The van der Waals surface area contributed by atoms with E-state index in [2.05, 4.69) is 38.4 Å². The molecule has 0 unspecified atom stereocenters. The summed E-state index contributed by atoms with van der Waals surface area (Å²) >= 11 is 6.13. The van der Waals surface area contributed by atoms with Crippen molar-refractivity contribution in [2.45, 2.75) is 25.1 Å². The van der Waals surface area contributed by atoms with E-state index in [0.717, 1.165) is 4.34 Å². The Morgan fingerprint density at radius 1 is 1.29 bits per heavy atom. The largest absolute Gasteiger partial charge is 1.00 e. The smallest absolute Gasteiger partial charge is 0.408 e. The normalized spacial score (nSPS) is 8.86. The molecule has 0 aromatic carbocycles. The van der Waals surface area contributed by atoms with E-state index in [1.807, 2.05) is 5.38 Å². The predicted molar refractivity (Wildman–Crippen MR) is 66.3 cm³/mol. The van der Waals surface area contributed by atoms with Gasteiger partial charge in [0.2, 0.25) is 0 Å². The number of nitrogens with zero attached hydrogens (tertiary/aromatic N) is 1. The molecule has 1 aromatic heterocycles. The van der Waals surface area contributed by atoms with Gasteiger partial charge in [-0.25, -0.2) is 0 Å². The first-order chi connectivity index (χ1) is 6.24. The Balaban J connectivity index is 0. The third kappa shape index (κ3) is 9.57. The molecule has 0 spiro atoms. The maximum absolute atomic E-state index is 4.65. The maximum Gasteiger partial charge on any atom is 1.00 e. The van der Waals surface area contributed by atoms with Gasteiger partial charge in [0, 0.05) is 6.20 Å². The van der Waals surface area contributed by atoms with E-state index >= 15 is 0 Å². The van der Waals surface area contributed by atoms with Gasteiger partial charge in [-0.05, 0) is 22.8 Å². The van der Waals surface area contributed by atoms with Crippen molar-refractivity contribution in [3.05, 3.63) is 11.6 Å². The molecule has 0 bridgehead atoms. The van der Waals surface area contributed by atoms with Crippen molar-refractivity contribution < 1.29 is 22.4 Å². The second kappa shape index (κ2) is 12.1. The topological polar surface area (TPSA) is 12.9 Å². The summed E-state index contributed by atoms with van der Waals surface area (Å²) in [5.74, 6) is 0. The molecule has 0 aliphatic heterocycles. The fourth-order valence-electron chi connectivity index (χ4n) is 0.881. The van der Waals surface area contributed by atoms with Crippen LogP contribution in [0.3, 0.4) is 0 Å². The van der Waals surface area contributed by atoms with Crippen LogP contribution in [0.4, 0.5) is 0 Å². The zero-order valence-electron chi connectivity index (χ0n) is 8.79. The summed E-state index contributed by atoms with van der Waals surface area (Å²) < 4.78 is 0.718. The first-order valence-electron chi connectivity index (χ1n) is 4.53. The van der Waals surface area contributed by atoms with Crippen molar-refractivity contribution in [1.29, 1.82) is 0 Å². The van der Waals surface area contributed by atoms with Crippen LogP contribution in [-0.4, -0.2) is 23.5 Å². The summed E-state index contributed by atoms with van der Waals surface area (Å²) in [6, 6.07) is 0. The Hall–Kier alpha value is 1.02. The molecule has 0 saturated heterocycles. The minimum atomic E-state index is 0. The van der Waals surface area contributed by atoms with Gasteiger partial charge in [-0.1, -0.05) is 26.2 Å². The molecule has 1 nitrogen and oxygen atoms in total. The standard InChI is InChI=1S/C6H15P.C3H3NS2.Au/c1-4-7(5-2)6-3;5-3-4-1-2-6-3;/h4-6H2,1-3H3;1-2H,(H,4,5);/q;;+1/p-1. The number of rotatable bonds is 3. The second-order valence-electron chi connectivity index (χ2n) is 2.42. The van der Waals surface area contributed by atoms with Crippen LogP contribution in [0.1, 0.15) is 20.8 Å². The van der Waals surface area contributed by atoms with Gasteiger partial charge >= 0.3 is 22.4 Å². The molecule has 0 amide bonds. The molecular weight excluding hydrogens is 414 g/mol. The van der Waals surface area contributed by atoms with E-state index in [4.69, 9.17) is 0 Å². The Labute approximate surface area is 114 Å². The van der Waals surface area contributed by atoms with E-state index in [1.54, 1.807) is 6.20 Å². The van der Waals surface area contributed by atoms with Crippen LogP contribution in [0.2, 0.25) is 0 Å². The van der Waals surface area contributed by atoms with Crippen molar-refractivity contribution in [3.8, 4) is 0 Å². The predicted octanol–water partition coefficient (Wildman–Crippen LogP) is 3.57. The molecule has 86 valence electrons. The molecule has 5 heteroatoms. The molecule has 0 radical (unpaired) electrons. The molecular formula is C9H17AuNPS2. The maximum atomic E-state index is 4.65. The second-order valence-corrected chi connectivity index (χ2v) is 7.20. The molecule has 0 aliphatic carbocycles. The van der Waals surface area contributed by atoms with Gasteiger partial charge in [0.25, 0.3) is 0 Å².